The van der Waals surface area contributed by atoms with Crippen LogP contribution in [0.15, 0.2) is 4.42 Å². The first-order chi connectivity index (χ1) is 6.79. The molecule has 1 aliphatic heterocycles. The van der Waals surface area contributed by atoms with Crippen LogP contribution in [0.1, 0.15) is 18.4 Å². The van der Waals surface area contributed by atoms with Crippen LogP contribution in [0.25, 0.3) is 0 Å². The second-order valence-corrected chi connectivity index (χ2v) is 3.47. The van der Waals surface area contributed by atoms with E-state index in [9.17, 15) is 0 Å². The number of fused-ring (bicyclic) bond motifs is 1. The first-order valence-corrected chi connectivity index (χ1v) is 4.82. The van der Waals surface area contributed by atoms with Crippen molar-refractivity contribution in [3.63, 3.8) is 0 Å². The van der Waals surface area contributed by atoms with Gasteiger partial charge in [0, 0.05) is 19.0 Å². The number of hydrogen-bond donors (Lipinski definition) is 2. The molecule has 5 nitrogen and oxygen atoms in total. The van der Waals surface area contributed by atoms with Crippen LogP contribution in [-0.2, 0) is 17.8 Å². The minimum absolute atomic E-state index is 0.177. The fraction of sp³-hybridized carbons (Fsp3) is 0.667. The Kier molecular flexibility index (Phi) is 2.69. The molecule has 3 N–H and O–H groups in total. The highest BCUT2D eigenvalue weighted by molar-refractivity contribution is 5.27. The fourth-order valence-corrected chi connectivity index (χ4v) is 1.36. The van der Waals surface area contributed by atoms with Crippen molar-refractivity contribution < 1.29 is 9.15 Å². The summed E-state index contributed by atoms with van der Waals surface area (Å²) in [7, 11) is 0. The maximum atomic E-state index is 5.49. The summed E-state index contributed by atoms with van der Waals surface area (Å²) in [6, 6.07) is 0.731. The highest BCUT2D eigenvalue weighted by Gasteiger charge is 2.17. The Balaban J connectivity index is 2.08. The van der Waals surface area contributed by atoms with Crippen molar-refractivity contribution >= 4 is 6.01 Å². The van der Waals surface area contributed by atoms with Crippen LogP contribution >= 0.6 is 0 Å². The second kappa shape index (κ2) is 3.98. The van der Waals surface area contributed by atoms with Crippen LogP contribution in [0.5, 0.6) is 0 Å². The van der Waals surface area contributed by atoms with E-state index in [1.54, 1.807) is 0 Å². The predicted octanol–water partition coefficient (Wildman–Crippen LogP) is 0.506. The Bertz CT molecular complexity index is 288. The van der Waals surface area contributed by atoms with Gasteiger partial charge in [-0.25, -0.2) is 0 Å². The maximum absolute atomic E-state index is 5.49. The summed E-state index contributed by atoms with van der Waals surface area (Å²) in [4.78, 5) is 4.33. The summed E-state index contributed by atoms with van der Waals surface area (Å²) >= 11 is 0. The number of hydrogen-bond acceptors (Lipinski definition) is 5. The molecular weight excluding hydrogens is 182 g/mol. The van der Waals surface area contributed by atoms with Gasteiger partial charge in [-0.2, -0.15) is 4.98 Å². The molecule has 0 fully saturated rings. The molecule has 0 aliphatic carbocycles. The molecule has 14 heavy (non-hydrogen) atoms. The number of ether oxygens (including phenoxy) is 1. The molecule has 0 aromatic carbocycles. The summed E-state index contributed by atoms with van der Waals surface area (Å²) in [5.74, 6) is 0.836. The minimum atomic E-state index is 0.177. The van der Waals surface area contributed by atoms with Crippen LogP contribution < -0.4 is 11.1 Å². The van der Waals surface area contributed by atoms with E-state index in [-0.39, 0.29) is 6.04 Å². The third kappa shape index (κ3) is 1.88. The standard InChI is InChI=1S/C9H15N3O2/c1-6(4-10)11-9-12-7-2-3-13-5-8(7)14-9/h6H,2-5,10H2,1H3,(H,11,12). The van der Waals surface area contributed by atoms with Crippen molar-refractivity contribution in [2.45, 2.75) is 26.0 Å². The Hall–Kier alpha value is -1.07. The van der Waals surface area contributed by atoms with Gasteiger partial charge >= 0.3 is 0 Å². The van der Waals surface area contributed by atoms with Gasteiger partial charge in [-0.15, -0.1) is 0 Å². The van der Waals surface area contributed by atoms with Crippen molar-refractivity contribution in [1.29, 1.82) is 0 Å². The van der Waals surface area contributed by atoms with Gasteiger partial charge < -0.3 is 20.2 Å². The second-order valence-electron chi connectivity index (χ2n) is 3.47. The van der Waals surface area contributed by atoms with E-state index in [4.69, 9.17) is 14.9 Å². The Morgan fingerprint density at radius 2 is 2.50 bits per heavy atom. The molecule has 1 unspecified atom stereocenters. The number of nitrogens with zero attached hydrogens (tertiary/aromatic N) is 1. The zero-order valence-corrected chi connectivity index (χ0v) is 8.25. The first-order valence-electron chi connectivity index (χ1n) is 4.82. The van der Waals surface area contributed by atoms with Gasteiger partial charge in [0.15, 0.2) is 5.76 Å². The topological polar surface area (TPSA) is 73.3 Å². The third-order valence-corrected chi connectivity index (χ3v) is 2.22. The molecule has 1 aromatic heterocycles. The summed E-state index contributed by atoms with van der Waals surface area (Å²) in [5, 5.41) is 3.09. The molecule has 1 aliphatic rings. The monoisotopic (exact) mass is 197 g/mol. The van der Waals surface area contributed by atoms with Gasteiger partial charge in [-0.3, -0.25) is 0 Å². The lowest BCUT2D eigenvalue weighted by Crippen LogP contribution is -2.25. The summed E-state index contributed by atoms with van der Waals surface area (Å²) in [6.07, 6.45) is 0.831. The summed E-state index contributed by atoms with van der Waals surface area (Å²) in [5.41, 5.74) is 6.49. The molecule has 0 saturated heterocycles. The normalized spacial score (nSPS) is 17.6. The van der Waals surface area contributed by atoms with Gasteiger partial charge in [0.2, 0.25) is 0 Å². The molecule has 2 rings (SSSR count). The predicted molar refractivity (Wildman–Crippen MR) is 52.0 cm³/mol. The van der Waals surface area contributed by atoms with Gasteiger partial charge in [-0.05, 0) is 6.92 Å². The number of nitrogens with two attached hydrogens (primary N) is 1. The van der Waals surface area contributed by atoms with E-state index in [1.807, 2.05) is 6.92 Å². The van der Waals surface area contributed by atoms with Crippen LogP contribution in [0.2, 0.25) is 0 Å². The van der Waals surface area contributed by atoms with E-state index in [1.165, 1.54) is 0 Å². The van der Waals surface area contributed by atoms with Crippen molar-refractivity contribution in [1.82, 2.24) is 4.98 Å². The lowest BCUT2D eigenvalue weighted by molar-refractivity contribution is 0.0939. The van der Waals surface area contributed by atoms with Gasteiger partial charge in [0.25, 0.3) is 6.01 Å². The van der Waals surface area contributed by atoms with Gasteiger partial charge in [-0.1, -0.05) is 0 Å². The van der Waals surface area contributed by atoms with Crippen LogP contribution in [-0.4, -0.2) is 24.2 Å². The molecule has 78 valence electrons. The molecule has 1 atom stereocenters. The van der Waals surface area contributed by atoms with Crippen molar-refractivity contribution in [3.8, 4) is 0 Å². The number of rotatable bonds is 3. The zero-order valence-electron chi connectivity index (χ0n) is 8.25. The molecule has 5 heteroatoms. The Morgan fingerprint density at radius 3 is 3.21 bits per heavy atom. The molecule has 2 heterocycles. The van der Waals surface area contributed by atoms with E-state index < -0.39 is 0 Å². The molecule has 0 amide bonds. The highest BCUT2D eigenvalue weighted by atomic mass is 16.5. The third-order valence-electron chi connectivity index (χ3n) is 2.22. The molecule has 0 bridgehead atoms. The van der Waals surface area contributed by atoms with E-state index in [0.717, 1.165) is 24.5 Å². The average molecular weight is 197 g/mol. The van der Waals surface area contributed by atoms with E-state index >= 15 is 0 Å². The Labute approximate surface area is 82.6 Å². The highest BCUT2D eigenvalue weighted by Crippen LogP contribution is 2.20. The molecule has 0 radical (unpaired) electrons. The van der Waals surface area contributed by atoms with Gasteiger partial charge in [0.05, 0.1) is 12.3 Å². The van der Waals surface area contributed by atoms with Crippen LogP contribution in [0, 0.1) is 0 Å². The lowest BCUT2D eigenvalue weighted by Gasteiger charge is -2.07. The van der Waals surface area contributed by atoms with Gasteiger partial charge in [0.1, 0.15) is 6.61 Å². The minimum Gasteiger partial charge on any atom is -0.426 e. The summed E-state index contributed by atoms with van der Waals surface area (Å²) in [6.45, 7) is 3.80. The number of anilines is 1. The molecule has 1 aromatic rings. The van der Waals surface area contributed by atoms with E-state index in [2.05, 4.69) is 10.3 Å². The smallest absolute Gasteiger partial charge is 0.295 e. The van der Waals surface area contributed by atoms with Crippen LogP contribution in [0.4, 0.5) is 6.01 Å². The van der Waals surface area contributed by atoms with Crippen molar-refractivity contribution in [2.75, 3.05) is 18.5 Å². The molecule has 0 spiro atoms. The summed E-state index contributed by atoms with van der Waals surface area (Å²) < 4.78 is 10.7. The number of oxazole rings is 1. The average Bonchev–Trinajstić information content (AvgIpc) is 2.59. The van der Waals surface area contributed by atoms with Crippen molar-refractivity contribution in [2.24, 2.45) is 5.73 Å². The maximum Gasteiger partial charge on any atom is 0.295 e. The number of nitrogens with one attached hydrogen (secondary N) is 1. The largest absolute Gasteiger partial charge is 0.426 e. The molecular formula is C9H15N3O2. The fourth-order valence-electron chi connectivity index (χ4n) is 1.36. The number of aromatic nitrogens is 1. The lowest BCUT2D eigenvalue weighted by atomic mass is 10.2. The van der Waals surface area contributed by atoms with E-state index in [0.29, 0.717) is 19.2 Å². The SMILES string of the molecule is CC(CN)Nc1nc2c(o1)COCC2. The first kappa shape index (κ1) is 9.48. The zero-order chi connectivity index (χ0) is 9.97. The van der Waals surface area contributed by atoms with Crippen LogP contribution in [0.3, 0.4) is 0 Å². The Morgan fingerprint density at radius 1 is 1.64 bits per heavy atom. The van der Waals surface area contributed by atoms with Crippen molar-refractivity contribution in [3.05, 3.63) is 11.5 Å². The quantitative estimate of drug-likeness (QED) is 0.738. The molecule has 0 saturated carbocycles.